The molecule has 0 atom stereocenters. The number of piperazine rings is 1. The first-order valence-corrected chi connectivity index (χ1v) is 10.1. The van der Waals surface area contributed by atoms with E-state index >= 15 is 0 Å². The highest BCUT2D eigenvalue weighted by atomic mass is 16.2. The van der Waals surface area contributed by atoms with Crippen LogP contribution in [-0.4, -0.2) is 62.9 Å². The molecular weight excluding hydrogens is 342 g/mol. The summed E-state index contributed by atoms with van der Waals surface area (Å²) >= 11 is 0. The van der Waals surface area contributed by atoms with Gasteiger partial charge in [-0.2, -0.15) is 0 Å². The highest BCUT2D eigenvalue weighted by molar-refractivity contribution is 5.77. The van der Waals surface area contributed by atoms with Gasteiger partial charge in [-0.15, -0.1) is 5.10 Å². The Morgan fingerprint density at radius 1 is 1.04 bits per heavy atom. The Kier molecular flexibility index (Phi) is 5.48. The highest BCUT2D eigenvalue weighted by Crippen LogP contribution is 2.23. The second kappa shape index (κ2) is 8.17. The van der Waals surface area contributed by atoms with E-state index in [2.05, 4.69) is 15.2 Å². The zero-order chi connectivity index (χ0) is 18.6. The molecule has 0 unspecified atom stereocenters. The smallest absolute Gasteiger partial charge is 0.277 e. The van der Waals surface area contributed by atoms with Crippen LogP contribution in [0.4, 0.5) is 0 Å². The molecular formula is C20H27N5O2. The number of hydrogen-bond donors (Lipinski definition) is 0. The van der Waals surface area contributed by atoms with Gasteiger partial charge in [0.15, 0.2) is 0 Å². The van der Waals surface area contributed by atoms with Gasteiger partial charge >= 0.3 is 0 Å². The lowest BCUT2D eigenvalue weighted by Crippen LogP contribution is -2.52. The zero-order valence-corrected chi connectivity index (χ0v) is 15.7. The first-order valence-electron chi connectivity index (χ1n) is 10.1. The summed E-state index contributed by atoms with van der Waals surface area (Å²) < 4.78 is 1.30. The fourth-order valence-electron chi connectivity index (χ4n) is 4.31. The monoisotopic (exact) mass is 369 g/mol. The molecule has 7 heteroatoms. The molecule has 2 aliphatic rings. The maximum Gasteiger partial charge on any atom is 0.277 e. The van der Waals surface area contributed by atoms with Crippen molar-refractivity contribution in [1.82, 2.24) is 24.8 Å². The van der Waals surface area contributed by atoms with Gasteiger partial charge in [-0.1, -0.05) is 36.6 Å². The molecule has 7 nitrogen and oxygen atoms in total. The molecule has 144 valence electrons. The molecule has 1 aromatic heterocycles. The van der Waals surface area contributed by atoms with E-state index < -0.39 is 0 Å². The lowest BCUT2D eigenvalue weighted by Gasteiger charge is -2.40. The third kappa shape index (κ3) is 4.03. The molecule has 0 bridgehead atoms. The summed E-state index contributed by atoms with van der Waals surface area (Å²) in [5.41, 5.74) is 0.402. The topological polar surface area (TPSA) is 71.3 Å². The molecule has 2 aromatic rings. The van der Waals surface area contributed by atoms with Crippen molar-refractivity contribution in [2.75, 3.05) is 26.2 Å². The SMILES string of the molecule is O=C(CCn1nnc2ccccc2c1=O)N1CCN(C2CCCCC2)CC1. The van der Waals surface area contributed by atoms with Gasteiger partial charge in [0.1, 0.15) is 5.52 Å². The minimum atomic E-state index is -0.185. The van der Waals surface area contributed by atoms with Gasteiger partial charge in [-0.05, 0) is 25.0 Å². The number of rotatable bonds is 4. The van der Waals surface area contributed by atoms with Crippen LogP contribution in [0.5, 0.6) is 0 Å². The molecule has 0 radical (unpaired) electrons. The quantitative estimate of drug-likeness (QED) is 0.820. The fraction of sp³-hybridized carbons (Fsp3) is 0.600. The van der Waals surface area contributed by atoms with Crippen molar-refractivity contribution in [2.45, 2.75) is 51.1 Å². The minimum absolute atomic E-state index is 0.0974. The molecule has 1 saturated carbocycles. The van der Waals surface area contributed by atoms with Crippen LogP contribution in [0.25, 0.3) is 10.9 Å². The van der Waals surface area contributed by atoms with Crippen LogP contribution in [0.3, 0.4) is 0 Å². The van der Waals surface area contributed by atoms with Gasteiger partial charge in [0.2, 0.25) is 5.91 Å². The van der Waals surface area contributed by atoms with Crippen LogP contribution in [0.2, 0.25) is 0 Å². The predicted molar refractivity (Wildman–Crippen MR) is 103 cm³/mol. The summed E-state index contributed by atoms with van der Waals surface area (Å²) in [6.07, 6.45) is 6.94. The van der Waals surface area contributed by atoms with Crippen molar-refractivity contribution in [1.29, 1.82) is 0 Å². The summed E-state index contributed by atoms with van der Waals surface area (Å²) in [6.45, 7) is 3.78. The average Bonchev–Trinajstić information content (AvgIpc) is 2.74. The van der Waals surface area contributed by atoms with E-state index in [1.165, 1.54) is 36.8 Å². The Labute approximate surface area is 158 Å². The van der Waals surface area contributed by atoms with Crippen molar-refractivity contribution in [3.63, 3.8) is 0 Å². The molecule has 0 N–H and O–H groups in total. The molecule has 1 aliphatic carbocycles. The Hall–Kier alpha value is -2.28. The normalized spacial score (nSPS) is 19.5. The van der Waals surface area contributed by atoms with Crippen molar-refractivity contribution in [3.8, 4) is 0 Å². The van der Waals surface area contributed by atoms with Crippen LogP contribution in [0.1, 0.15) is 38.5 Å². The van der Waals surface area contributed by atoms with Gasteiger partial charge < -0.3 is 4.90 Å². The Balaban J connectivity index is 1.31. The van der Waals surface area contributed by atoms with Gasteiger partial charge in [-0.3, -0.25) is 14.5 Å². The second-order valence-electron chi connectivity index (χ2n) is 7.59. The Bertz CT molecular complexity index is 851. The fourth-order valence-corrected chi connectivity index (χ4v) is 4.31. The molecule has 1 aliphatic heterocycles. The van der Waals surface area contributed by atoms with Crippen LogP contribution in [-0.2, 0) is 11.3 Å². The van der Waals surface area contributed by atoms with Crippen LogP contribution in [0.15, 0.2) is 29.1 Å². The van der Waals surface area contributed by atoms with E-state index in [0.717, 1.165) is 26.2 Å². The van der Waals surface area contributed by atoms with E-state index in [1.54, 1.807) is 12.1 Å². The van der Waals surface area contributed by atoms with Crippen LogP contribution >= 0.6 is 0 Å². The number of nitrogens with zero attached hydrogens (tertiary/aromatic N) is 5. The summed E-state index contributed by atoms with van der Waals surface area (Å²) in [7, 11) is 0. The van der Waals surface area contributed by atoms with E-state index in [0.29, 0.717) is 16.9 Å². The predicted octanol–water partition coefficient (Wildman–Crippen LogP) is 1.66. The third-order valence-corrected chi connectivity index (χ3v) is 5.92. The highest BCUT2D eigenvalue weighted by Gasteiger charge is 2.26. The maximum atomic E-state index is 12.6. The first kappa shape index (κ1) is 18.1. The molecule has 1 saturated heterocycles. The van der Waals surface area contributed by atoms with Crippen molar-refractivity contribution in [3.05, 3.63) is 34.6 Å². The Morgan fingerprint density at radius 3 is 2.56 bits per heavy atom. The van der Waals surface area contributed by atoms with Gasteiger partial charge in [0, 0.05) is 38.6 Å². The van der Waals surface area contributed by atoms with Gasteiger partial charge in [0.05, 0.1) is 11.9 Å². The van der Waals surface area contributed by atoms with E-state index in [4.69, 9.17) is 0 Å². The minimum Gasteiger partial charge on any atom is -0.340 e. The molecule has 2 heterocycles. The number of carbonyl (C=O) groups is 1. The molecule has 0 spiro atoms. The third-order valence-electron chi connectivity index (χ3n) is 5.92. The van der Waals surface area contributed by atoms with Crippen LogP contribution < -0.4 is 5.56 Å². The van der Waals surface area contributed by atoms with Gasteiger partial charge in [0.25, 0.3) is 5.56 Å². The maximum absolute atomic E-state index is 12.6. The first-order chi connectivity index (χ1) is 13.2. The number of benzene rings is 1. The van der Waals surface area contributed by atoms with Crippen molar-refractivity contribution in [2.24, 2.45) is 0 Å². The molecule has 27 heavy (non-hydrogen) atoms. The standard InChI is InChI=1S/C20H27N5O2/c26-19(24-14-12-23(13-15-24)16-6-2-1-3-7-16)10-11-25-20(27)17-8-4-5-9-18(17)21-22-25/h4-5,8-9,16H,1-3,6-7,10-15H2. The summed E-state index contributed by atoms with van der Waals surface area (Å²) in [5, 5.41) is 8.59. The molecule has 2 fully saturated rings. The number of fused-ring (bicyclic) bond motifs is 1. The number of amides is 1. The average molecular weight is 369 g/mol. The molecule has 1 aromatic carbocycles. The van der Waals surface area contributed by atoms with E-state index in [1.807, 2.05) is 17.0 Å². The van der Waals surface area contributed by atoms with E-state index in [9.17, 15) is 9.59 Å². The van der Waals surface area contributed by atoms with Crippen LogP contribution in [0, 0.1) is 0 Å². The summed E-state index contributed by atoms with van der Waals surface area (Å²) in [4.78, 5) is 29.5. The lowest BCUT2D eigenvalue weighted by molar-refractivity contribution is -0.133. The number of aryl methyl sites for hydroxylation is 1. The largest absolute Gasteiger partial charge is 0.340 e. The lowest BCUT2D eigenvalue weighted by atomic mass is 9.94. The zero-order valence-electron chi connectivity index (χ0n) is 15.7. The number of hydrogen-bond acceptors (Lipinski definition) is 5. The number of carbonyl (C=O) groups excluding carboxylic acids is 1. The van der Waals surface area contributed by atoms with Crippen molar-refractivity contribution >= 4 is 16.8 Å². The molecule has 4 rings (SSSR count). The summed E-state index contributed by atoms with van der Waals surface area (Å²) in [5.74, 6) is 0.0974. The van der Waals surface area contributed by atoms with Gasteiger partial charge in [-0.25, -0.2) is 4.68 Å². The number of aromatic nitrogens is 3. The second-order valence-corrected chi connectivity index (χ2v) is 7.59. The molecule has 1 amide bonds. The Morgan fingerprint density at radius 2 is 1.78 bits per heavy atom. The summed E-state index contributed by atoms with van der Waals surface area (Å²) in [6, 6.07) is 7.87. The van der Waals surface area contributed by atoms with Crippen molar-refractivity contribution < 1.29 is 4.79 Å². The van der Waals surface area contributed by atoms with E-state index in [-0.39, 0.29) is 24.4 Å².